The summed E-state index contributed by atoms with van der Waals surface area (Å²) in [7, 11) is 0. The summed E-state index contributed by atoms with van der Waals surface area (Å²) < 4.78 is 24.0. The number of rotatable bonds is 15. The molecule has 0 radical (unpaired) electrons. The van der Waals surface area contributed by atoms with E-state index in [9.17, 15) is 34.7 Å². The van der Waals surface area contributed by atoms with Gasteiger partial charge in [-0.1, -0.05) is 49.9 Å². The van der Waals surface area contributed by atoms with Crippen molar-refractivity contribution in [3.05, 3.63) is 109 Å². The Hall–Kier alpha value is -5.11. The molecule has 41 heavy (non-hydrogen) atoms. The number of esters is 1. The van der Waals surface area contributed by atoms with Gasteiger partial charge in [-0.15, -0.1) is 0 Å². The first-order valence-corrected chi connectivity index (χ1v) is 13.0. The number of nitriles is 1. The summed E-state index contributed by atoms with van der Waals surface area (Å²) in [6, 6.07) is 18.0. The molecule has 0 bridgehead atoms. The number of carbonyl (C=O) groups is 1. The topological polar surface area (TPSA) is 146 Å². The monoisotopic (exact) mass is 561 g/mol. The summed E-state index contributed by atoms with van der Waals surface area (Å²) in [6.07, 6.45) is 6.88. The molecule has 3 aromatic rings. The zero-order valence-corrected chi connectivity index (χ0v) is 22.2. The third-order valence-corrected chi connectivity index (χ3v) is 6.07. The van der Waals surface area contributed by atoms with Crippen LogP contribution in [0.2, 0.25) is 0 Å². The molecule has 3 rings (SSSR count). The number of hydrogen-bond acceptors (Lipinski definition) is 8. The minimum absolute atomic E-state index is 0.114. The number of unbranched alkanes of at least 4 members (excludes halogenated alkanes) is 5. The first-order valence-electron chi connectivity index (χ1n) is 13.0. The number of ether oxygens (including phenoxy) is 2. The number of allylic oxidation sites excluding steroid dienone is 1. The molecular formula is C30H28FN3O7. The number of non-ortho nitro benzene ring substituents is 2. The van der Waals surface area contributed by atoms with Crippen LogP contribution in [-0.4, -0.2) is 29.0 Å². The van der Waals surface area contributed by atoms with Gasteiger partial charge in [0.2, 0.25) is 0 Å². The summed E-state index contributed by atoms with van der Waals surface area (Å²) in [5.41, 5.74) is 0.591. The predicted octanol–water partition coefficient (Wildman–Crippen LogP) is 7.28. The van der Waals surface area contributed by atoms with E-state index in [1.807, 2.05) is 24.3 Å². The van der Waals surface area contributed by atoms with E-state index in [2.05, 4.69) is 6.07 Å². The highest BCUT2D eigenvalue weighted by molar-refractivity contribution is 5.91. The molecule has 0 N–H and O–H groups in total. The van der Waals surface area contributed by atoms with E-state index in [4.69, 9.17) is 9.47 Å². The third kappa shape index (κ3) is 9.85. The van der Waals surface area contributed by atoms with Crippen LogP contribution in [0.15, 0.2) is 66.7 Å². The van der Waals surface area contributed by atoms with Crippen LogP contribution in [-0.2, 0) is 4.74 Å². The molecule has 0 aliphatic heterocycles. The molecule has 0 aliphatic carbocycles. The third-order valence-electron chi connectivity index (χ3n) is 6.07. The van der Waals surface area contributed by atoms with Crippen LogP contribution in [0.1, 0.15) is 60.0 Å². The standard InChI is InChI=1S/C30H28FN3O7/c31-26-11-9-23(10-12-26)25(21-32)17-22-7-13-29(14-8-22)40-15-5-3-1-2-4-6-16-41-30(35)24-18-27(33(36)37)20-28(19-24)34(38)39/h7-14,17-20H,1-6,15-16H2/b25-17+. The summed E-state index contributed by atoms with van der Waals surface area (Å²) in [6.45, 7) is 0.671. The van der Waals surface area contributed by atoms with Gasteiger partial charge in [-0.05, 0) is 54.3 Å². The van der Waals surface area contributed by atoms with Crippen molar-refractivity contribution in [3.8, 4) is 11.8 Å². The quantitative estimate of drug-likeness (QED) is 0.0470. The van der Waals surface area contributed by atoms with E-state index >= 15 is 0 Å². The molecule has 0 aromatic heterocycles. The highest BCUT2D eigenvalue weighted by Gasteiger charge is 2.20. The van der Waals surface area contributed by atoms with E-state index in [-0.39, 0.29) is 18.0 Å². The van der Waals surface area contributed by atoms with Crippen LogP contribution in [0, 0.1) is 37.4 Å². The van der Waals surface area contributed by atoms with Crippen LogP contribution < -0.4 is 4.74 Å². The Morgan fingerprint density at radius 3 is 1.93 bits per heavy atom. The lowest BCUT2D eigenvalue weighted by Crippen LogP contribution is -2.08. The van der Waals surface area contributed by atoms with Crippen LogP contribution in [0.4, 0.5) is 15.8 Å². The molecule has 0 amide bonds. The number of benzene rings is 3. The first-order chi connectivity index (χ1) is 19.8. The minimum atomic E-state index is -0.837. The molecule has 0 saturated carbocycles. The first kappa shape index (κ1) is 30.4. The fraction of sp³-hybridized carbons (Fsp3) is 0.267. The van der Waals surface area contributed by atoms with E-state index < -0.39 is 27.2 Å². The lowest BCUT2D eigenvalue weighted by molar-refractivity contribution is -0.394. The maximum absolute atomic E-state index is 13.1. The van der Waals surface area contributed by atoms with Crippen molar-refractivity contribution < 1.29 is 28.5 Å². The normalized spacial score (nSPS) is 11.0. The minimum Gasteiger partial charge on any atom is -0.494 e. The van der Waals surface area contributed by atoms with Crippen molar-refractivity contribution in [2.45, 2.75) is 38.5 Å². The molecule has 11 heteroatoms. The fourth-order valence-electron chi connectivity index (χ4n) is 3.91. The van der Waals surface area contributed by atoms with Gasteiger partial charge in [0.05, 0.1) is 46.3 Å². The molecule has 0 aliphatic rings. The van der Waals surface area contributed by atoms with Gasteiger partial charge in [0, 0.05) is 12.1 Å². The molecule has 0 atom stereocenters. The fourth-order valence-corrected chi connectivity index (χ4v) is 3.91. The number of carbonyl (C=O) groups excluding carboxylic acids is 1. The smallest absolute Gasteiger partial charge is 0.338 e. The van der Waals surface area contributed by atoms with Crippen molar-refractivity contribution in [2.24, 2.45) is 0 Å². The second-order valence-electron chi connectivity index (χ2n) is 9.10. The lowest BCUT2D eigenvalue weighted by Gasteiger charge is -2.07. The van der Waals surface area contributed by atoms with Crippen LogP contribution in [0.5, 0.6) is 5.75 Å². The molecule has 0 unspecified atom stereocenters. The molecule has 0 saturated heterocycles. The largest absolute Gasteiger partial charge is 0.494 e. The van der Waals surface area contributed by atoms with Gasteiger partial charge in [0.15, 0.2) is 0 Å². The Morgan fingerprint density at radius 2 is 1.37 bits per heavy atom. The molecule has 212 valence electrons. The van der Waals surface area contributed by atoms with Crippen molar-refractivity contribution in [3.63, 3.8) is 0 Å². The number of nitrogens with zero attached hydrogens (tertiary/aromatic N) is 3. The van der Waals surface area contributed by atoms with Gasteiger partial charge in [-0.25, -0.2) is 9.18 Å². The number of hydrogen-bond donors (Lipinski definition) is 0. The maximum atomic E-state index is 13.1. The Bertz CT molecular complexity index is 1400. The van der Waals surface area contributed by atoms with Gasteiger partial charge < -0.3 is 9.47 Å². The molecule has 10 nitrogen and oxygen atoms in total. The highest BCUT2D eigenvalue weighted by Crippen LogP contribution is 2.24. The lowest BCUT2D eigenvalue weighted by atomic mass is 10.0. The average Bonchev–Trinajstić information content (AvgIpc) is 2.97. The van der Waals surface area contributed by atoms with Gasteiger partial charge in [-0.3, -0.25) is 20.2 Å². The number of halogens is 1. The van der Waals surface area contributed by atoms with Crippen molar-refractivity contribution >= 4 is 29.0 Å². The van der Waals surface area contributed by atoms with Crippen molar-refractivity contribution in [1.29, 1.82) is 5.26 Å². The highest BCUT2D eigenvalue weighted by atomic mass is 19.1. The Labute approximate surface area is 235 Å². The Balaban J connectivity index is 1.29. The van der Waals surface area contributed by atoms with E-state index in [0.29, 0.717) is 24.2 Å². The number of nitro groups is 2. The SMILES string of the molecule is N#C/C(=C\c1ccc(OCCCCCCCCOC(=O)c2cc([N+](=O)[O-])cc([N+](=O)[O-])c2)cc1)c1ccc(F)cc1. The molecule has 3 aromatic carbocycles. The van der Waals surface area contributed by atoms with Crippen LogP contribution in [0.25, 0.3) is 11.6 Å². The average molecular weight is 562 g/mol. The summed E-state index contributed by atoms with van der Waals surface area (Å²) in [5, 5.41) is 31.3. The Morgan fingerprint density at radius 1 is 0.805 bits per heavy atom. The molecule has 0 heterocycles. The van der Waals surface area contributed by atoms with Gasteiger partial charge >= 0.3 is 5.97 Å². The molecular weight excluding hydrogens is 533 g/mol. The van der Waals surface area contributed by atoms with E-state index in [1.165, 1.54) is 12.1 Å². The molecule has 0 fully saturated rings. The van der Waals surface area contributed by atoms with E-state index in [1.54, 1.807) is 18.2 Å². The van der Waals surface area contributed by atoms with E-state index in [0.717, 1.165) is 61.6 Å². The maximum Gasteiger partial charge on any atom is 0.338 e. The summed E-state index contributed by atoms with van der Waals surface area (Å²) in [5.74, 6) is -0.472. The van der Waals surface area contributed by atoms with Crippen molar-refractivity contribution in [1.82, 2.24) is 0 Å². The summed E-state index contributed by atoms with van der Waals surface area (Å²) in [4.78, 5) is 32.5. The van der Waals surface area contributed by atoms with Crippen molar-refractivity contribution in [2.75, 3.05) is 13.2 Å². The van der Waals surface area contributed by atoms with Gasteiger partial charge in [-0.2, -0.15) is 5.26 Å². The van der Waals surface area contributed by atoms with Crippen LogP contribution >= 0.6 is 0 Å². The second kappa shape index (κ2) is 15.5. The molecule has 0 spiro atoms. The Kier molecular flexibility index (Phi) is 11.5. The van der Waals surface area contributed by atoms with Gasteiger partial charge in [0.25, 0.3) is 11.4 Å². The van der Waals surface area contributed by atoms with Gasteiger partial charge in [0.1, 0.15) is 11.6 Å². The number of nitro benzene ring substituents is 2. The zero-order chi connectivity index (χ0) is 29.6. The zero-order valence-electron chi connectivity index (χ0n) is 22.2. The summed E-state index contributed by atoms with van der Waals surface area (Å²) >= 11 is 0. The predicted molar refractivity (Wildman–Crippen MR) is 150 cm³/mol. The van der Waals surface area contributed by atoms with Crippen LogP contribution in [0.3, 0.4) is 0 Å². The second-order valence-corrected chi connectivity index (χ2v) is 9.10.